The Kier molecular flexibility index (Phi) is 14.0. The molecule has 0 spiro atoms. The number of amides is 3. The number of hydrogen-bond acceptors (Lipinski definition) is 7. The second-order valence-corrected chi connectivity index (χ2v) is 8.96. The molecule has 11 heteroatoms. The number of carbonyl (C=O) groups is 4. The van der Waals surface area contributed by atoms with Gasteiger partial charge in [-0.2, -0.15) is 12.6 Å². The van der Waals surface area contributed by atoms with E-state index in [2.05, 4.69) is 28.6 Å². The van der Waals surface area contributed by atoms with E-state index in [0.717, 1.165) is 5.56 Å². The molecule has 0 saturated carbocycles. The number of carboxylic acids is 1. The summed E-state index contributed by atoms with van der Waals surface area (Å²) in [7, 11) is 0. The highest BCUT2D eigenvalue weighted by atomic mass is 32.1. The second kappa shape index (κ2) is 16.1. The molecule has 0 heterocycles. The summed E-state index contributed by atoms with van der Waals surface area (Å²) in [6, 6.07) is 5.00. The van der Waals surface area contributed by atoms with Crippen LogP contribution < -0.4 is 27.4 Å². The molecule has 35 heavy (non-hydrogen) atoms. The molecule has 0 aliphatic heterocycles. The third-order valence-electron chi connectivity index (χ3n) is 5.80. The van der Waals surface area contributed by atoms with Gasteiger partial charge in [0.15, 0.2) is 0 Å². The zero-order valence-electron chi connectivity index (χ0n) is 20.4. The molecule has 0 saturated heterocycles. The summed E-state index contributed by atoms with van der Waals surface area (Å²) in [5.74, 6) is -3.02. The van der Waals surface area contributed by atoms with Crippen LogP contribution in [0.15, 0.2) is 30.3 Å². The summed E-state index contributed by atoms with van der Waals surface area (Å²) in [5, 5.41) is 17.5. The van der Waals surface area contributed by atoms with E-state index in [1.165, 1.54) is 0 Å². The minimum Gasteiger partial charge on any atom is -0.480 e. The van der Waals surface area contributed by atoms with Crippen molar-refractivity contribution in [3.63, 3.8) is 0 Å². The first kappa shape index (κ1) is 30.4. The SMILES string of the molecule is CCC(C)C(NC(=O)C(CCCCN)NC(=O)C(N)CS)C(=O)NC(Cc1ccccc1)C(=O)O. The van der Waals surface area contributed by atoms with Crippen molar-refractivity contribution in [3.05, 3.63) is 35.9 Å². The van der Waals surface area contributed by atoms with Crippen LogP contribution >= 0.6 is 12.6 Å². The van der Waals surface area contributed by atoms with Gasteiger partial charge in [-0.3, -0.25) is 14.4 Å². The van der Waals surface area contributed by atoms with Gasteiger partial charge in [-0.15, -0.1) is 0 Å². The monoisotopic (exact) mass is 509 g/mol. The number of hydrogen-bond donors (Lipinski definition) is 7. The van der Waals surface area contributed by atoms with Crippen molar-refractivity contribution in [1.29, 1.82) is 0 Å². The summed E-state index contributed by atoms with van der Waals surface area (Å²) in [6.07, 6.45) is 2.22. The number of unbranched alkanes of at least 4 members (excludes halogenated alkanes) is 1. The molecule has 1 aromatic carbocycles. The maximum Gasteiger partial charge on any atom is 0.326 e. The van der Waals surface area contributed by atoms with Crippen LogP contribution in [-0.2, 0) is 25.6 Å². The van der Waals surface area contributed by atoms with Crippen LogP contribution in [0.5, 0.6) is 0 Å². The van der Waals surface area contributed by atoms with Crippen molar-refractivity contribution in [1.82, 2.24) is 16.0 Å². The van der Waals surface area contributed by atoms with E-state index in [0.29, 0.717) is 32.2 Å². The van der Waals surface area contributed by atoms with Gasteiger partial charge in [0.05, 0.1) is 6.04 Å². The molecule has 0 fully saturated rings. The third-order valence-corrected chi connectivity index (χ3v) is 6.20. The molecule has 196 valence electrons. The normalized spacial score (nSPS) is 15.2. The average Bonchev–Trinajstić information content (AvgIpc) is 2.85. The van der Waals surface area contributed by atoms with Crippen molar-refractivity contribution >= 4 is 36.3 Å². The van der Waals surface area contributed by atoms with Gasteiger partial charge in [0, 0.05) is 12.2 Å². The third kappa shape index (κ3) is 10.7. The molecular weight excluding hydrogens is 470 g/mol. The molecule has 3 amide bonds. The molecule has 0 radical (unpaired) electrons. The summed E-state index contributed by atoms with van der Waals surface area (Å²) in [5.41, 5.74) is 12.0. The first-order valence-electron chi connectivity index (χ1n) is 11.9. The number of benzene rings is 1. The zero-order valence-corrected chi connectivity index (χ0v) is 21.3. The fourth-order valence-corrected chi connectivity index (χ4v) is 3.56. The fourth-order valence-electron chi connectivity index (χ4n) is 3.39. The predicted molar refractivity (Wildman–Crippen MR) is 138 cm³/mol. The fraction of sp³-hybridized carbons (Fsp3) is 0.583. The van der Waals surface area contributed by atoms with E-state index in [1.54, 1.807) is 31.2 Å². The number of thiol groups is 1. The minimum absolute atomic E-state index is 0.0997. The van der Waals surface area contributed by atoms with Crippen molar-refractivity contribution in [2.75, 3.05) is 12.3 Å². The van der Waals surface area contributed by atoms with E-state index in [4.69, 9.17) is 11.5 Å². The van der Waals surface area contributed by atoms with Crippen molar-refractivity contribution in [2.45, 2.75) is 70.1 Å². The zero-order chi connectivity index (χ0) is 26.4. The number of nitrogens with one attached hydrogen (secondary N) is 3. The summed E-state index contributed by atoms with van der Waals surface area (Å²) in [4.78, 5) is 50.3. The number of rotatable bonds is 16. The van der Waals surface area contributed by atoms with Crippen LogP contribution in [0.2, 0.25) is 0 Å². The largest absolute Gasteiger partial charge is 0.480 e. The lowest BCUT2D eigenvalue weighted by molar-refractivity contribution is -0.142. The molecule has 5 unspecified atom stereocenters. The Hall–Kier alpha value is -2.63. The molecule has 0 aliphatic carbocycles. The van der Waals surface area contributed by atoms with E-state index in [1.807, 2.05) is 13.0 Å². The van der Waals surface area contributed by atoms with Gasteiger partial charge >= 0.3 is 5.97 Å². The molecule has 5 atom stereocenters. The molecular formula is C24H39N5O5S. The van der Waals surface area contributed by atoms with Gasteiger partial charge in [-0.1, -0.05) is 50.6 Å². The summed E-state index contributed by atoms with van der Waals surface area (Å²) >= 11 is 4.02. The van der Waals surface area contributed by atoms with Crippen LogP contribution in [0.3, 0.4) is 0 Å². The van der Waals surface area contributed by atoms with Gasteiger partial charge in [-0.05, 0) is 37.3 Å². The smallest absolute Gasteiger partial charge is 0.326 e. The Bertz CT molecular complexity index is 826. The van der Waals surface area contributed by atoms with Crippen LogP contribution in [0.4, 0.5) is 0 Å². The average molecular weight is 510 g/mol. The predicted octanol–water partition coefficient (Wildman–Crippen LogP) is 0.200. The van der Waals surface area contributed by atoms with Crippen LogP contribution in [-0.4, -0.2) is 65.3 Å². The topological polar surface area (TPSA) is 177 Å². The highest BCUT2D eigenvalue weighted by Crippen LogP contribution is 2.11. The second-order valence-electron chi connectivity index (χ2n) is 8.60. The van der Waals surface area contributed by atoms with Gasteiger partial charge in [0.1, 0.15) is 18.1 Å². The van der Waals surface area contributed by atoms with E-state index >= 15 is 0 Å². The maximum absolute atomic E-state index is 13.1. The van der Waals surface area contributed by atoms with Crippen LogP contribution in [0.25, 0.3) is 0 Å². The molecule has 8 N–H and O–H groups in total. The highest BCUT2D eigenvalue weighted by molar-refractivity contribution is 7.80. The number of carboxylic acid groups (broad SMARTS) is 1. The Morgan fingerprint density at radius 2 is 1.60 bits per heavy atom. The quantitative estimate of drug-likeness (QED) is 0.123. The lowest BCUT2D eigenvalue weighted by Gasteiger charge is -2.28. The van der Waals surface area contributed by atoms with Crippen LogP contribution in [0, 0.1) is 5.92 Å². The van der Waals surface area contributed by atoms with Crippen molar-refractivity contribution in [2.24, 2.45) is 17.4 Å². The van der Waals surface area contributed by atoms with Gasteiger partial charge in [0.25, 0.3) is 0 Å². The Balaban J connectivity index is 3.00. The number of carbonyl (C=O) groups excluding carboxylic acids is 3. The molecule has 1 rings (SSSR count). The van der Waals surface area contributed by atoms with Gasteiger partial charge < -0.3 is 32.5 Å². The first-order chi connectivity index (χ1) is 16.6. The number of nitrogens with two attached hydrogens (primary N) is 2. The van der Waals surface area contributed by atoms with Gasteiger partial charge in [-0.25, -0.2) is 4.79 Å². The van der Waals surface area contributed by atoms with Crippen molar-refractivity contribution < 1.29 is 24.3 Å². The summed E-state index contributed by atoms with van der Waals surface area (Å²) in [6.45, 7) is 4.09. The highest BCUT2D eigenvalue weighted by Gasteiger charge is 2.32. The Morgan fingerprint density at radius 1 is 0.971 bits per heavy atom. The van der Waals surface area contributed by atoms with Crippen LogP contribution in [0.1, 0.15) is 45.1 Å². The first-order valence-corrected chi connectivity index (χ1v) is 12.5. The van der Waals surface area contributed by atoms with E-state index < -0.39 is 47.9 Å². The molecule has 0 aromatic heterocycles. The molecule has 10 nitrogen and oxygen atoms in total. The molecule has 0 aliphatic rings. The minimum atomic E-state index is -1.18. The Labute approximate surface area is 212 Å². The standard InChI is InChI=1S/C24H39N5O5S/c1-3-15(2)20(23(32)28-19(24(33)34)13-16-9-5-4-6-10-16)29-22(31)18(11-7-8-12-25)27-21(30)17(26)14-35/h4-6,9-10,15,17-20,35H,3,7-8,11-14,25-26H2,1-2H3,(H,27,30)(H,28,32)(H,29,31)(H,33,34). The Morgan fingerprint density at radius 3 is 2.14 bits per heavy atom. The number of aliphatic carboxylic acids is 1. The lowest BCUT2D eigenvalue weighted by Crippen LogP contribution is -2.59. The van der Waals surface area contributed by atoms with Crippen molar-refractivity contribution in [3.8, 4) is 0 Å². The van der Waals surface area contributed by atoms with E-state index in [-0.39, 0.29) is 18.1 Å². The van der Waals surface area contributed by atoms with E-state index in [9.17, 15) is 24.3 Å². The summed E-state index contributed by atoms with van der Waals surface area (Å²) < 4.78 is 0. The molecule has 0 bridgehead atoms. The van der Waals surface area contributed by atoms with Gasteiger partial charge in [0.2, 0.25) is 17.7 Å². The lowest BCUT2D eigenvalue weighted by atomic mass is 9.96. The maximum atomic E-state index is 13.1. The molecule has 1 aromatic rings.